The van der Waals surface area contributed by atoms with E-state index in [-0.39, 0.29) is 18.2 Å². The van der Waals surface area contributed by atoms with E-state index in [1.54, 1.807) is 11.1 Å². The van der Waals surface area contributed by atoms with Crippen LogP contribution in [0.2, 0.25) is 5.15 Å². The lowest BCUT2D eigenvalue weighted by atomic mass is 10.0. The zero-order valence-corrected chi connectivity index (χ0v) is 23.2. The van der Waals surface area contributed by atoms with E-state index in [4.69, 9.17) is 26.2 Å². The van der Waals surface area contributed by atoms with E-state index in [0.717, 1.165) is 36.3 Å². The molecule has 0 spiro atoms. The number of nitrogens with one attached hydrogen (secondary N) is 1. The molecule has 2 aliphatic heterocycles. The van der Waals surface area contributed by atoms with Crippen molar-refractivity contribution < 1.29 is 19.1 Å². The van der Waals surface area contributed by atoms with Crippen LogP contribution in [0.1, 0.15) is 60.4 Å². The molecule has 0 radical (unpaired) electrons. The first-order chi connectivity index (χ1) is 17.3. The number of halogens is 1. The third-order valence-electron chi connectivity index (χ3n) is 6.10. The largest absolute Gasteiger partial charge is 0.444 e. The molecular weight excluding hydrogens is 496 g/mol. The van der Waals surface area contributed by atoms with Crippen molar-refractivity contribution in [3.8, 4) is 11.3 Å². The van der Waals surface area contributed by atoms with Crippen LogP contribution in [0, 0.1) is 0 Å². The van der Waals surface area contributed by atoms with Gasteiger partial charge in [0.1, 0.15) is 16.4 Å². The number of anilines is 1. The van der Waals surface area contributed by atoms with Crippen molar-refractivity contribution in [2.75, 3.05) is 31.1 Å². The highest BCUT2D eigenvalue weighted by Gasteiger charge is 2.35. The predicted octanol–water partition coefficient (Wildman–Crippen LogP) is 4.88. The summed E-state index contributed by atoms with van der Waals surface area (Å²) in [7, 11) is 0. The first-order valence-corrected chi connectivity index (χ1v) is 13.1. The standard InChI is InChI=1S/C26H37ClN6O4/c1-25(2,3)36-23(34)29-17-8-7-10-31(14-17)21-12-22(27)28-13-19(21)20-9-11-33(30-20)18-15-32(16-18)24(35)37-26(4,5)6/h9,11-13,17-18H,7-8,10,14-16H2,1-6H3,(H,29,34)/t17-/m0/s1. The van der Waals surface area contributed by atoms with Gasteiger partial charge in [0.15, 0.2) is 0 Å². The van der Waals surface area contributed by atoms with Crippen LogP contribution in [0.15, 0.2) is 24.5 Å². The first kappa shape index (κ1) is 27.0. The van der Waals surface area contributed by atoms with Crippen LogP contribution in [0.3, 0.4) is 0 Å². The number of pyridine rings is 1. The number of piperidine rings is 1. The summed E-state index contributed by atoms with van der Waals surface area (Å²) < 4.78 is 12.8. The van der Waals surface area contributed by atoms with Gasteiger partial charge in [-0.3, -0.25) is 4.68 Å². The number of carbonyl (C=O) groups excluding carboxylic acids is 2. The minimum absolute atomic E-state index is 0.0465. The fourth-order valence-corrected chi connectivity index (χ4v) is 4.60. The molecular formula is C26H37ClN6O4. The number of carbonyl (C=O) groups is 2. The zero-order valence-electron chi connectivity index (χ0n) is 22.5. The zero-order chi connectivity index (χ0) is 27.0. The number of nitrogens with zero attached hydrogens (tertiary/aromatic N) is 5. The molecule has 0 aromatic carbocycles. The molecule has 1 atom stereocenters. The summed E-state index contributed by atoms with van der Waals surface area (Å²) in [6.07, 6.45) is 4.73. The Hall–Kier alpha value is -3.01. The Morgan fingerprint density at radius 3 is 2.46 bits per heavy atom. The van der Waals surface area contributed by atoms with Crippen molar-refractivity contribution >= 4 is 29.5 Å². The van der Waals surface area contributed by atoms with Crippen LogP contribution in [-0.4, -0.2) is 75.3 Å². The number of likely N-dealkylation sites (tertiary alicyclic amines) is 1. The highest BCUT2D eigenvalue weighted by molar-refractivity contribution is 6.29. The van der Waals surface area contributed by atoms with Crippen molar-refractivity contribution in [2.24, 2.45) is 0 Å². The molecule has 2 saturated heterocycles. The van der Waals surface area contributed by atoms with Gasteiger partial charge in [-0.05, 0) is 66.5 Å². The Kier molecular flexibility index (Phi) is 7.60. The Labute approximate surface area is 223 Å². The van der Waals surface area contributed by atoms with E-state index < -0.39 is 17.3 Å². The highest BCUT2D eigenvalue weighted by atomic mass is 35.5. The smallest absolute Gasteiger partial charge is 0.410 e. The summed E-state index contributed by atoms with van der Waals surface area (Å²) >= 11 is 6.29. The maximum Gasteiger partial charge on any atom is 0.410 e. The predicted molar refractivity (Wildman–Crippen MR) is 142 cm³/mol. The number of aromatic nitrogens is 3. The fourth-order valence-electron chi connectivity index (χ4n) is 4.45. The molecule has 2 amide bonds. The van der Waals surface area contributed by atoms with Gasteiger partial charge in [0, 0.05) is 50.2 Å². The molecule has 202 valence electrons. The van der Waals surface area contributed by atoms with Crippen LogP contribution in [-0.2, 0) is 9.47 Å². The SMILES string of the molecule is CC(C)(C)OC(=O)N[C@H]1CCCN(c2cc(Cl)ncc2-c2ccn(C3CN(C(=O)OC(C)(C)C)C3)n2)C1. The van der Waals surface area contributed by atoms with Crippen molar-refractivity contribution in [2.45, 2.75) is 77.7 Å². The van der Waals surface area contributed by atoms with E-state index in [1.165, 1.54) is 0 Å². The van der Waals surface area contributed by atoms with E-state index in [0.29, 0.717) is 24.8 Å². The minimum atomic E-state index is -0.548. The fraction of sp³-hybridized carbons (Fsp3) is 0.615. The lowest BCUT2D eigenvalue weighted by Crippen LogP contribution is -2.52. The number of amides is 2. The van der Waals surface area contributed by atoms with Gasteiger partial charge in [0.2, 0.25) is 0 Å². The molecule has 11 heteroatoms. The van der Waals surface area contributed by atoms with E-state index in [2.05, 4.69) is 15.2 Å². The molecule has 2 aromatic rings. The van der Waals surface area contributed by atoms with E-state index >= 15 is 0 Å². The van der Waals surface area contributed by atoms with Gasteiger partial charge in [-0.15, -0.1) is 0 Å². The average molecular weight is 533 g/mol. The van der Waals surface area contributed by atoms with Gasteiger partial charge in [-0.1, -0.05) is 11.6 Å². The van der Waals surface area contributed by atoms with Crippen molar-refractivity contribution in [3.63, 3.8) is 0 Å². The molecule has 0 saturated carbocycles. The molecule has 37 heavy (non-hydrogen) atoms. The van der Waals surface area contributed by atoms with Crippen LogP contribution in [0.5, 0.6) is 0 Å². The summed E-state index contributed by atoms with van der Waals surface area (Å²) in [5.74, 6) is 0. The van der Waals surface area contributed by atoms with E-state index in [1.807, 2.05) is 64.6 Å². The molecule has 2 fully saturated rings. The maximum atomic E-state index is 12.3. The summed E-state index contributed by atoms with van der Waals surface area (Å²) in [4.78, 5) is 32.8. The molecule has 2 aromatic heterocycles. The van der Waals surface area contributed by atoms with Gasteiger partial charge in [0.25, 0.3) is 0 Å². The topological polar surface area (TPSA) is 102 Å². The molecule has 2 aliphatic rings. The number of ether oxygens (including phenoxy) is 2. The second-order valence-corrected chi connectivity index (χ2v) is 12.1. The number of rotatable bonds is 4. The summed E-state index contributed by atoms with van der Waals surface area (Å²) in [5, 5.41) is 8.19. The van der Waals surface area contributed by atoms with Crippen molar-refractivity contribution in [1.82, 2.24) is 25.0 Å². The quantitative estimate of drug-likeness (QED) is 0.560. The molecule has 0 aliphatic carbocycles. The summed E-state index contributed by atoms with van der Waals surface area (Å²) in [6, 6.07) is 3.83. The average Bonchev–Trinajstić information content (AvgIpc) is 3.19. The first-order valence-electron chi connectivity index (χ1n) is 12.7. The number of hydrogen-bond donors (Lipinski definition) is 1. The van der Waals surface area contributed by atoms with Gasteiger partial charge in [-0.25, -0.2) is 14.6 Å². The number of alkyl carbamates (subject to hydrolysis) is 1. The Bertz CT molecular complexity index is 1130. The second kappa shape index (κ2) is 10.4. The summed E-state index contributed by atoms with van der Waals surface area (Å²) in [5.41, 5.74) is 1.49. The van der Waals surface area contributed by atoms with Gasteiger partial charge in [0.05, 0.1) is 17.4 Å². The van der Waals surface area contributed by atoms with Crippen molar-refractivity contribution in [1.29, 1.82) is 0 Å². The molecule has 4 rings (SSSR count). The normalized spacial score (nSPS) is 18.8. The van der Waals surface area contributed by atoms with Crippen LogP contribution >= 0.6 is 11.6 Å². The molecule has 10 nitrogen and oxygen atoms in total. The highest BCUT2D eigenvalue weighted by Crippen LogP contribution is 2.34. The third-order valence-corrected chi connectivity index (χ3v) is 6.31. The minimum Gasteiger partial charge on any atom is -0.444 e. The lowest BCUT2D eigenvalue weighted by molar-refractivity contribution is -0.000379. The van der Waals surface area contributed by atoms with Crippen LogP contribution < -0.4 is 10.2 Å². The third kappa shape index (κ3) is 7.06. The van der Waals surface area contributed by atoms with Crippen molar-refractivity contribution in [3.05, 3.63) is 29.7 Å². The Morgan fingerprint density at radius 2 is 1.78 bits per heavy atom. The van der Waals surface area contributed by atoms with Gasteiger partial charge < -0.3 is 24.6 Å². The lowest BCUT2D eigenvalue weighted by Gasteiger charge is -2.39. The van der Waals surface area contributed by atoms with Gasteiger partial charge >= 0.3 is 12.2 Å². The molecule has 0 bridgehead atoms. The number of hydrogen-bond acceptors (Lipinski definition) is 7. The Balaban J connectivity index is 1.44. The summed E-state index contributed by atoms with van der Waals surface area (Å²) in [6.45, 7) is 13.7. The Morgan fingerprint density at radius 1 is 1.08 bits per heavy atom. The molecule has 4 heterocycles. The second-order valence-electron chi connectivity index (χ2n) is 11.7. The monoisotopic (exact) mass is 532 g/mol. The maximum absolute atomic E-state index is 12.3. The van der Waals surface area contributed by atoms with Crippen LogP contribution in [0.25, 0.3) is 11.3 Å². The molecule has 1 N–H and O–H groups in total. The van der Waals surface area contributed by atoms with E-state index in [9.17, 15) is 9.59 Å². The van der Waals surface area contributed by atoms with Crippen LogP contribution in [0.4, 0.5) is 15.3 Å². The molecule has 0 unspecified atom stereocenters. The van der Waals surface area contributed by atoms with Gasteiger partial charge in [-0.2, -0.15) is 5.10 Å².